The molecule has 0 spiro atoms. The van der Waals surface area contributed by atoms with Crippen molar-refractivity contribution in [2.24, 2.45) is 11.8 Å². The summed E-state index contributed by atoms with van der Waals surface area (Å²) in [5, 5.41) is 14.5. The largest absolute Gasteiger partial charge is 0.385 e. The third kappa shape index (κ3) is 3.97. The van der Waals surface area contributed by atoms with E-state index >= 15 is 0 Å². The van der Waals surface area contributed by atoms with Crippen LogP contribution in [0.2, 0.25) is 10.0 Å². The summed E-state index contributed by atoms with van der Waals surface area (Å²) in [4.78, 5) is 1.51. The average molecular weight is 406 g/mol. The van der Waals surface area contributed by atoms with Gasteiger partial charge in [0.1, 0.15) is 12.6 Å². The van der Waals surface area contributed by atoms with Crippen molar-refractivity contribution in [3.8, 4) is 0 Å². The number of aromatic nitrogens is 1. The molecule has 1 fully saturated rings. The van der Waals surface area contributed by atoms with E-state index in [0.717, 1.165) is 53.3 Å². The second-order valence-electron chi connectivity index (χ2n) is 8.40. The highest BCUT2D eigenvalue weighted by Crippen LogP contribution is 2.33. The molecule has 1 aliphatic heterocycles. The van der Waals surface area contributed by atoms with Crippen molar-refractivity contribution in [3.63, 3.8) is 0 Å². The van der Waals surface area contributed by atoms with Gasteiger partial charge in [0.15, 0.2) is 0 Å². The van der Waals surface area contributed by atoms with Gasteiger partial charge in [-0.2, -0.15) is 0 Å². The average Bonchev–Trinajstić information content (AvgIpc) is 2.86. The number of aliphatic hydroxyl groups excluding tert-OH is 1. The van der Waals surface area contributed by atoms with Crippen LogP contribution in [0.4, 0.5) is 0 Å². The van der Waals surface area contributed by atoms with Gasteiger partial charge in [0.05, 0.1) is 19.6 Å². The lowest BCUT2D eigenvalue weighted by Crippen LogP contribution is -3.15. The van der Waals surface area contributed by atoms with Gasteiger partial charge in [-0.3, -0.25) is 0 Å². The molecule has 0 amide bonds. The van der Waals surface area contributed by atoms with Crippen LogP contribution in [0.25, 0.3) is 21.8 Å². The zero-order valence-electron chi connectivity index (χ0n) is 15.9. The maximum absolute atomic E-state index is 10.9. The summed E-state index contributed by atoms with van der Waals surface area (Å²) in [6.07, 6.45) is 0.913. The summed E-state index contributed by atoms with van der Waals surface area (Å²) in [5.41, 5.74) is 2.18. The molecule has 0 aliphatic carbocycles. The van der Waals surface area contributed by atoms with Gasteiger partial charge in [0.25, 0.3) is 0 Å². The number of nitrogens with zero attached hydrogens (tertiary/aromatic N) is 1. The molecule has 0 radical (unpaired) electrons. The Morgan fingerprint density at radius 2 is 1.52 bits per heavy atom. The van der Waals surface area contributed by atoms with Crippen LogP contribution in [0.15, 0.2) is 36.4 Å². The smallest absolute Gasteiger partial charge is 0.121 e. The van der Waals surface area contributed by atoms with Gasteiger partial charge in [-0.25, -0.2) is 0 Å². The molecule has 4 rings (SSSR count). The van der Waals surface area contributed by atoms with Gasteiger partial charge < -0.3 is 14.6 Å². The minimum Gasteiger partial charge on any atom is -0.385 e. The third-order valence-corrected chi connectivity index (χ3v) is 6.26. The Balaban J connectivity index is 1.64. The Morgan fingerprint density at radius 3 is 2.04 bits per heavy atom. The number of halogens is 2. The second-order valence-corrected chi connectivity index (χ2v) is 9.27. The number of likely N-dealkylation sites (tertiary alicyclic amines) is 1. The monoisotopic (exact) mass is 405 g/mol. The first-order valence-corrected chi connectivity index (χ1v) is 10.5. The zero-order valence-corrected chi connectivity index (χ0v) is 17.4. The van der Waals surface area contributed by atoms with Crippen LogP contribution in [0.3, 0.4) is 0 Å². The van der Waals surface area contributed by atoms with Crippen LogP contribution in [-0.2, 0) is 6.54 Å². The first-order chi connectivity index (χ1) is 12.9. The Labute approximate surface area is 170 Å². The number of nitrogens with one attached hydrogen (secondary N) is 1. The predicted octanol–water partition coefficient (Wildman–Crippen LogP) is 4.02. The lowest BCUT2D eigenvalue weighted by molar-refractivity contribution is -0.915. The minimum atomic E-state index is -0.386. The summed E-state index contributed by atoms with van der Waals surface area (Å²) < 4.78 is 2.21. The number of benzene rings is 2. The lowest BCUT2D eigenvalue weighted by Gasteiger charge is -2.33. The third-order valence-electron chi connectivity index (χ3n) is 5.79. The van der Waals surface area contributed by atoms with Crippen molar-refractivity contribution >= 4 is 45.0 Å². The van der Waals surface area contributed by atoms with E-state index in [0.29, 0.717) is 16.6 Å². The van der Waals surface area contributed by atoms with E-state index in [-0.39, 0.29) is 6.10 Å². The molecule has 0 saturated carbocycles. The number of aliphatic hydroxyl groups is 1. The number of rotatable bonds is 4. The van der Waals surface area contributed by atoms with E-state index in [4.69, 9.17) is 23.2 Å². The molecule has 2 heterocycles. The van der Waals surface area contributed by atoms with Crippen LogP contribution in [0.1, 0.15) is 20.3 Å². The van der Waals surface area contributed by atoms with Crippen molar-refractivity contribution in [2.45, 2.75) is 32.9 Å². The molecule has 0 bridgehead atoms. The molecule has 2 N–H and O–H groups in total. The normalized spacial score (nSPS) is 24.6. The van der Waals surface area contributed by atoms with Gasteiger partial charge >= 0.3 is 0 Å². The van der Waals surface area contributed by atoms with E-state index in [1.54, 1.807) is 0 Å². The predicted molar refractivity (Wildman–Crippen MR) is 114 cm³/mol. The number of fused-ring (bicyclic) bond motifs is 3. The minimum absolute atomic E-state index is 0.386. The van der Waals surface area contributed by atoms with Crippen molar-refractivity contribution in [3.05, 3.63) is 46.4 Å². The molecule has 3 atom stereocenters. The van der Waals surface area contributed by atoms with Crippen molar-refractivity contribution in [1.29, 1.82) is 0 Å². The van der Waals surface area contributed by atoms with E-state index in [1.165, 1.54) is 11.3 Å². The Morgan fingerprint density at radius 1 is 1.00 bits per heavy atom. The standard InChI is InChI=1S/C22H26Cl2N2O/c1-14-7-15(2)11-25(10-14)12-18(27)13-26-21-5-3-16(23)8-19(21)20-9-17(24)4-6-22(20)26/h3-6,8-9,14-15,18,27H,7,10-13H2,1-2H3/p+1/t14-,15-,18+/m1/s1. The van der Waals surface area contributed by atoms with Crippen LogP contribution < -0.4 is 4.90 Å². The highest BCUT2D eigenvalue weighted by Gasteiger charge is 2.27. The van der Waals surface area contributed by atoms with E-state index < -0.39 is 0 Å². The molecule has 144 valence electrons. The molecular formula is C22H27Cl2N2O+. The maximum atomic E-state index is 10.9. The Kier molecular flexibility index (Phi) is 5.39. The quantitative estimate of drug-likeness (QED) is 0.674. The first kappa shape index (κ1) is 19.1. The molecule has 1 saturated heterocycles. The molecule has 1 aliphatic rings. The highest BCUT2D eigenvalue weighted by atomic mass is 35.5. The molecule has 3 aromatic rings. The maximum Gasteiger partial charge on any atom is 0.121 e. The van der Waals surface area contributed by atoms with Crippen molar-refractivity contribution in [2.75, 3.05) is 19.6 Å². The lowest BCUT2D eigenvalue weighted by atomic mass is 9.92. The van der Waals surface area contributed by atoms with Gasteiger partial charge in [0.2, 0.25) is 0 Å². The van der Waals surface area contributed by atoms with Crippen LogP contribution >= 0.6 is 23.2 Å². The number of quaternary nitrogens is 1. The molecule has 27 heavy (non-hydrogen) atoms. The topological polar surface area (TPSA) is 29.6 Å². The zero-order chi connectivity index (χ0) is 19.1. The number of piperidine rings is 1. The second kappa shape index (κ2) is 7.63. The summed E-state index contributed by atoms with van der Waals surface area (Å²) in [6, 6.07) is 11.9. The number of hydrogen-bond donors (Lipinski definition) is 2. The SMILES string of the molecule is C[C@@H]1C[C@@H](C)C[NH+](C[C@H](O)Cn2c3ccc(Cl)cc3c3cc(Cl)ccc32)C1. The summed E-state index contributed by atoms with van der Waals surface area (Å²) in [7, 11) is 0. The van der Waals surface area contributed by atoms with E-state index in [9.17, 15) is 5.11 Å². The fourth-order valence-electron chi connectivity index (χ4n) is 4.94. The van der Waals surface area contributed by atoms with Gasteiger partial charge in [-0.1, -0.05) is 37.0 Å². The molecule has 2 aromatic carbocycles. The molecule has 0 unspecified atom stereocenters. The van der Waals surface area contributed by atoms with Crippen LogP contribution in [-0.4, -0.2) is 35.4 Å². The first-order valence-electron chi connectivity index (χ1n) is 9.79. The fraction of sp³-hybridized carbons (Fsp3) is 0.455. The fourth-order valence-corrected chi connectivity index (χ4v) is 5.29. The molecule has 3 nitrogen and oxygen atoms in total. The van der Waals surface area contributed by atoms with Crippen LogP contribution in [0, 0.1) is 11.8 Å². The van der Waals surface area contributed by atoms with Crippen LogP contribution in [0.5, 0.6) is 0 Å². The summed E-state index contributed by atoms with van der Waals surface area (Å²) >= 11 is 12.5. The highest BCUT2D eigenvalue weighted by molar-refractivity contribution is 6.33. The van der Waals surface area contributed by atoms with Crippen molar-refractivity contribution < 1.29 is 10.0 Å². The molecule has 1 aromatic heterocycles. The Bertz CT molecular complexity index is 899. The van der Waals surface area contributed by atoms with Crippen molar-refractivity contribution in [1.82, 2.24) is 4.57 Å². The summed E-state index contributed by atoms with van der Waals surface area (Å²) in [5.74, 6) is 1.46. The van der Waals surface area contributed by atoms with Gasteiger partial charge in [-0.05, 0) is 42.8 Å². The molecular weight excluding hydrogens is 379 g/mol. The van der Waals surface area contributed by atoms with E-state index in [2.05, 4.69) is 18.4 Å². The molecule has 5 heteroatoms. The van der Waals surface area contributed by atoms with E-state index in [1.807, 2.05) is 36.4 Å². The number of hydrogen-bond acceptors (Lipinski definition) is 1. The Hall–Kier alpha value is -1.26. The summed E-state index contributed by atoms with van der Waals surface area (Å²) in [6.45, 7) is 8.32. The van der Waals surface area contributed by atoms with Gasteiger partial charge in [0, 0.05) is 43.7 Å². The van der Waals surface area contributed by atoms with Gasteiger partial charge in [-0.15, -0.1) is 0 Å².